The van der Waals surface area contributed by atoms with Gasteiger partial charge in [0.2, 0.25) is 5.28 Å². The molecule has 1 atom stereocenters. The van der Waals surface area contributed by atoms with E-state index in [4.69, 9.17) is 16.3 Å². The predicted molar refractivity (Wildman–Crippen MR) is 65.6 cm³/mol. The molecule has 6 heteroatoms. The van der Waals surface area contributed by atoms with Gasteiger partial charge in [-0.15, -0.1) is 5.10 Å². The molecule has 0 bridgehead atoms. The number of rotatable bonds is 1. The Balaban J connectivity index is 1.94. The Bertz CT molecular complexity index is 541. The molecule has 3 heterocycles. The van der Waals surface area contributed by atoms with Crippen LogP contribution < -0.4 is 4.90 Å². The van der Waals surface area contributed by atoms with Gasteiger partial charge < -0.3 is 9.64 Å². The van der Waals surface area contributed by atoms with Crippen molar-refractivity contribution >= 4 is 22.9 Å². The first kappa shape index (κ1) is 10.8. The number of hydrogen-bond acceptors (Lipinski definition) is 4. The van der Waals surface area contributed by atoms with Crippen LogP contribution in [0, 0.1) is 0 Å². The quantitative estimate of drug-likeness (QED) is 0.773. The van der Waals surface area contributed by atoms with Crippen molar-refractivity contribution in [1.29, 1.82) is 0 Å². The average molecular weight is 253 g/mol. The van der Waals surface area contributed by atoms with E-state index in [2.05, 4.69) is 21.9 Å². The minimum Gasteiger partial charge on any atom is -0.375 e. The third-order valence-corrected chi connectivity index (χ3v) is 3.06. The number of pyridine rings is 1. The molecule has 3 rings (SSSR count). The maximum absolute atomic E-state index is 5.77. The molecule has 0 saturated carbocycles. The lowest BCUT2D eigenvalue weighted by Crippen LogP contribution is -2.41. The van der Waals surface area contributed by atoms with Gasteiger partial charge in [0.25, 0.3) is 0 Å². The minimum absolute atomic E-state index is 0.263. The number of hydrogen-bond donors (Lipinski definition) is 0. The van der Waals surface area contributed by atoms with Crippen LogP contribution in [0.2, 0.25) is 5.28 Å². The van der Waals surface area contributed by atoms with Gasteiger partial charge in [-0.05, 0) is 30.7 Å². The highest BCUT2D eigenvalue weighted by Gasteiger charge is 2.17. The predicted octanol–water partition coefficient (Wildman–Crippen LogP) is 1.61. The zero-order valence-electron chi connectivity index (χ0n) is 9.51. The highest BCUT2D eigenvalue weighted by atomic mass is 35.5. The molecule has 1 fully saturated rings. The lowest BCUT2D eigenvalue weighted by atomic mass is 10.2. The van der Waals surface area contributed by atoms with Crippen molar-refractivity contribution in [3.05, 3.63) is 23.6 Å². The fourth-order valence-electron chi connectivity index (χ4n) is 2.09. The molecular formula is C11H13ClN4O. The molecule has 0 aromatic carbocycles. The van der Waals surface area contributed by atoms with Gasteiger partial charge in [-0.1, -0.05) is 0 Å². The number of anilines is 1. The summed E-state index contributed by atoms with van der Waals surface area (Å²) in [5.74, 6) is 0. The summed E-state index contributed by atoms with van der Waals surface area (Å²) in [7, 11) is 0. The fraction of sp³-hybridized carbons (Fsp3) is 0.455. The van der Waals surface area contributed by atoms with Gasteiger partial charge in [0.15, 0.2) is 5.65 Å². The summed E-state index contributed by atoms with van der Waals surface area (Å²) in [6.07, 6.45) is 2.21. The van der Waals surface area contributed by atoms with Crippen molar-refractivity contribution in [3.63, 3.8) is 0 Å². The number of fused-ring (bicyclic) bond motifs is 1. The zero-order chi connectivity index (χ0) is 11.8. The Morgan fingerprint density at radius 1 is 1.47 bits per heavy atom. The highest BCUT2D eigenvalue weighted by Crippen LogP contribution is 2.18. The third kappa shape index (κ3) is 2.08. The van der Waals surface area contributed by atoms with Crippen molar-refractivity contribution in [2.24, 2.45) is 0 Å². The van der Waals surface area contributed by atoms with Crippen molar-refractivity contribution in [3.8, 4) is 0 Å². The number of aromatic nitrogens is 3. The lowest BCUT2D eigenvalue weighted by Gasteiger charge is -2.32. The molecule has 0 N–H and O–H groups in total. The van der Waals surface area contributed by atoms with Gasteiger partial charge in [-0.3, -0.25) is 0 Å². The van der Waals surface area contributed by atoms with E-state index in [0.717, 1.165) is 31.0 Å². The first-order valence-electron chi connectivity index (χ1n) is 5.61. The van der Waals surface area contributed by atoms with Crippen LogP contribution >= 0.6 is 11.6 Å². The van der Waals surface area contributed by atoms with E-state index in [9.17, 15) is 0 Å². The number of nitrogens with zero attached hydrogens (tertiary/aromatic N) is 4. The van der Waals surface area contributed by atoms with Crippen LogP contribution in [0.25, 0.3) is 5.65 Å². The summed E-state index contributed by atoms with van der Waals surface area (Å²) >= 11 is 5.77. The molecule has 5 nitrogen and oxygen atoms in total. The Hall–Kier alpha value is -1.33. The standard InChI is InChI=1S/C11H13ClN4O/c1-8-6-15(4-5-17-8)9-2-3-10-13-11(12)14-16(10)7-9/h2-3,7-8H,4-6H2,1H3/t8-/m0/s1. The number of morpholine rings is 1. The smallest absolute Gasteiger partial charge is 0.243 e. The molecule has 17 heavy (non-hydrogen) atoms. The van der Waals surface area contributed by atoms with Gasteiger partial charge in [0.05, 0.1) is 24.6 Å². The Morgan fingerprint density at radius 2 is 2.35 bits per heavy atom. The first-order chi connectivity index (χ1) is 8.22. The van der Waals surface area contributed by atoms with Crippen LogP contribution in [-0.2, 0) is 4.74 Å². The maximum Gasteiger partial charge on any atom is 0.243 e. The van der Waals surface area contributed by atoms with Gasteiger partial charge in [0.1, 0.15) is 0 Å². The Kier molecular flexibility index (Phi) is 2.64. The number of halogens is 1. The van der Waals surface area contributed by atoms with Crippen LogP contribution in [-0.4, -0.2) is 40.4 Å². The summed E-state index contributed by atoms with van der Waals surface area (Å²) < 4.78 is 7.23. The van der Waals surface area contributed by atoms with E-state index < -0.39 is 0 Å². The monoisotopic (exact) mass is 252 g/mol. The molecule has 0 radical (unpaired) electrons. The molecule has 90 valence electrons. The summed E-state index contributed by atoms with van der Waals surface area (Å²) in [4.78, 5) is 6.37. The first-order valence-corrected chi connectivity index (χ1v) is 5.98. The van der Waals surface area contributed by atoms with Gasteiger partial charge in [-0.25, -0.2) is 4.52 Å². The van der Waals surface area contributed by atoms with Gasteiger partial charge >= 0.3 is 0 Å². The largest absolute Gasteiger partial charge is 0.375 e. The van der Waals surface area contributed by atoms with E-state index in [1.54, 1.807) is 4.52 Å². The molecule has 2 aromatic rings. The van der Waals surface area contributed by atoms with Crippen LogP contribution in [0.5, 0.6) is 0 Å². The molecule has 1 saturated heterocycles. The summed E-state index contributed by atoms with van der Waals surface area (Å²) in [6.45, 7) is 4.64. The summed E-state index contributed by atoms with van der Waals surface area (Å²) in [5, 5.41) is 4.38. The van der Waals surface area contributed by atoms with E-state index in [-0.39, 0.29) is 11.4 Å². The van der Waals surface area contributed by atoms with Gasteiger partial charge in [-0.2, -0.15) is 4.98 Å². The molecule has 1 aliphatic rings. The molecule has 1 aliphatic heterocycles. The van der Waals surface area contributed by atoms with Gasteiger partial charge in [0, 0.05) is 13.1 Å². The Morgan fingerprint density at radius 3 is 3.18 bits per heavy atom. The van der Waals surface area contributed by atoms with E-state index in [1.165, 1.54) is 0 Å². The number of ether oxygens (including phenoxy) is 1. The van der Waals surface area contributed by atoms with Crippen LogP contribution in [0.4, 0.5) is 5.69 Å². The van der Waals surface area contributed by atoms with Crippen molar-refractivity contribution in [1.82, 2.24) is 14.6 Å². The average Bonchev–Trinajstić information content (AvgIpc) is 2.68. The molecule has 0 spiro atoms. The molecule has 2 aromatic heterocycles. The molecular weight excluding hydrogens is 240 g/mol. The maximum atomic E-state index is 5.77. The lowest BCUT2D eigenvalue weighted by molar-refractivity contribution is 0.0532. The molecule has 0 unspecified atom stereocenters. The second-order valence-corrected chi connectivity index (χ2v) is 4.54. The van der Waals surface area contributed by atoms with Crippen molar-refractivity contribution < 1.29 is 4.74 Å². The summed E-state index contributed by atoms with van der Waals surface area (Å²) in [6, 6.07) is 3.97. The SMILES string of the molecule is C[C@H]1CN(c2ccc3nc(Cl)nn3c2)CCO1. The second-order valence-electron chi connectivity index (χ2n) is 4.20. The second kappa shape index (κ2) is 4.16. The minimum atomic E-state index is 0.263. The van der Waals surface area contributed by atoms with E-state index >= 15 is 0 Å². The Labute approximate surface area is 104 Å². The van der Waals surface area contributed by atoms with Crippen LogP contribution in [0.3, 0.4) is 0 Å². The molecule has 0 amide bonds. The van der Waals surface area contributed by atoms with Crippen molar-refractivity contribution in [2.45, 2.75) is 13.0 Å². The van der Waals surface area contributed by atoms with E-state index in [1.807, 2.05) is 18.3 Å². The highest BCUT2D eigenvalue weighted by molar-refractivity contribution is 6.28. The molecule has 0 aliphatic carbocycles. The van der Waals surface area contributed by atoms with E-state index in [0.29, 0.717) is 0 Å². The normalized spacial score (nSPS) is 21.1. The van der Waals surface area contributed by atoms with Crippen molar-refractivity contribution in [2.75, 3.05) is 24.6 Å². The fourth-order valence-corrected chi connectivity index (χ4v) is 2.25. The third-order valence-electron chi connectivity index (χ3n) is 2.90. The van der Waals surface area contributed by atoms with Crippen LogP contribution in [0.15, 0.2) is 18.3 Å². The van der Waals surface area contributed by atoms with Crippen LogP contribution in [0.1, 0.15) is 6.92 Å². The topological polar surface area (TPSA) is 42.7 Å². The zero-order valence-corrected chi connectivity index (χ0v) is 10.3. The summed E-state index contributed by atoms with van der Waals surface area (Å²) in [5.41, 5.74) is 1.88.